The van der Waals surface area contributed by atoms with Crippen molar-refractivity contribution in [2.45, 2.75) is 32.7 Å². The van der Waals surface area contributed by atoms with Gasteiger partial charge in [0.1, 0.15) is 5.75 Å². The summed E-state index contributed by atoms with van der Waals surface area (Å²) >= 11 is 0. The summed E-state index contributed by atoms with van der Waals surface area (Å²) in [5, 5.41) is 3.02. The van der Waals surface area contributed by atoms with E-state index in [1.807, 2.05) is 47.4 Å². The smallest absolute Gasteiger partial charge is 0.317 e. The van der Waals surface area contributed by atoms with Crippen molar-refractivity contribution in [3.8, 4) is 17.2 Å². The summed E-state index contributed by atoms with van der Waals surface area (Å²) in [6.07, 6.45) is 2.71. The van der Waals surface area contributed by atoms with Crippen LogP contribution in [0.3, 0.4) is 0 Å². The highest BCUT2D eigenvalue weighted by atomic mass is 16.5. The lowest BCUT2D eigenvalue weighted by molar-refractivity contribution is 0.195. The van der Waals surface area contributed by atoms with Crippen LogP contribution in [0.5, 0.6) is 17.2 Å². The number of rotatable bonds is 11. The first-order valence-electron chi connectivity index (χ1n) is 9.98. The quantitative estimate of drug-likeness (QED) is 0.573. The standard InChI is InChI=1S/C23H32N2O4/c1-5-6-14-24-23(26)25(17-19-9-7-8-10-20(19)27-2)15-13-18-11-12-21(28-3)22(16-18)29-4/h7-12,16H,5-6,13-15,17H2,1-4H3,(H,24,26). The maximum absolute atomic E-state index is 12.8. The number of carbonyl (C=O) groups excluding carboxylic acids is 1. The molecule has 2 rings (SSSR count). The lowest BCUT2D eigenvalue weighted by Gasteiger charge is -2.24. The highest BCUT2D eigenvalue weighted by molar-refractivity contribution is 5.74. The molecule has 29 heavy (non-hydrogen) atoms. The summed E-state index contributed by atoms with van der Waals surface area (Å²) in [5.74, 6) is 2.16. The van der Waals surface area contributed by atoms with E-state index in [0.29, 0.717) is 37.6 Å². The van der Waals surface area contributed by atoms with E-state index < -0.39 is 0 Å². The van der Waals surface area contributed by atoms with Gasteiger partial charge in [0.2, 0.25) is 0 Å². The fourth-order valence-corrected chi connectivity index (χ4v) is 3.08. The monoisotopic (exact) mass is 400 g/mol. The molecule has 0 saturated carbocycles. The van der Waals surface area contributed by atoms with Crippen molar-refractivity contribution in [1.29, 1.82) is 0 Å². The number of methoxy groups -OCH3 is 3. The van der Waals surface area contributed by atoms with Crippen LogP contribution in [0.15, 0.2) is 42.5 Å². The third-order valence-corrected chi connectivity index (χ3v) is 4.77. The third-order valence-electron chi connectivity index (χ3n) is 4.77. The minimum absolute atomic E-state index is 0.0650. The molecule has 0 atom stereocenters. The van der Waals surface area contributed by atoms with Gasteiger partial charge in [-0.05, 0) is 36.6 Å². The Labute approximate surface area is 173 Å². The maximum Gasteiger partial charge on any atom is 0.317 e. The summed E-state index contributed by atoms with van der Waals surface area (Å²) in [6.45, 7) is 3.84. The number of nitrogens with one attached hydrogen (secondary N) is 1. The van der Waals surface area contributed by atoms with Crippen LogP contribution in [0, 0.1) is 0 Å². The second kappa shape index (κ2) is 11.8. The van der Waals surface area contributed by atoms with Crippen LogP contribution in [0.1, 0.15) is 30.9 Å². The van der Waals surface area contributed by atoms with E-state index in [-0.39, 0.29) is 6.03 Å². The van der Waals surface area contributed by atoms with Crippen molar-refractivity contribution in [3.05, 3.63) is 53.6 Å². The zero-order valence-electron chi connectivity index (χ0n) is 17.9. The van der Waals surface area contributed by atoms with E-state index in [9.17, 15) is 4.79 Å². The SMILES string of the molecule is CCCCNC(=O)N(CCc1ccc(OC)c(OC)c1)Cc1ccccc1OC. The van der Waals surface area contributed by atoms with E-state index in [1.165, 1.54) is 0 Å². The predicted octanol–water partition coefficient (Wildman–Crippen LogP) is 4.27. The summed E-state index contributed by atoms with van der Waals surface area (Å²) in [5.41, 5.74) is 2.06. The summed E-state index contributed by atoms with van der Waals surface area (Å²) in [6, 6.07) is 13.6. The average molecular weight is 401 g/mol. The van der Waals surface area contributed by atoms with Crippen molar-refractivity contribution in [2.75, 3.05) is 34.4 Å². The molecular formula is C23H32N2O4. The number of unbranched alkanes of at least 4 members (excludes halogenated alkanes) is 1. The number of hydrogen-bond acceptors (Lipinski definition) is 4. The molecule has 6 nitrogen and oxygen atoms in total. The van der Waals surface area contributed by atoms with Gasteiger partial charge in [0.15, 0.2) is 11.5 Å². The zero-order valence-corrected chi connectivity index (χ0v) is 17.9. The molecule has 2 aromatic carbocycles. The Hall–Kier alpha value is -2.89. The van der Waals surface area contributed by atoms with Crippen molar-refractivity contribution in [1.82, 2.24) is 10.2 Å². The van der Waals surface area contributed by atoms with Gasteiger partial charge in [-0.15, -0.1) is 0 Å². The highest BCUT2D eigenvalue weighted by Crippen LogP contribution is 2.28. The molecule has 0 aliphatic carbocycles. The van der Waals surface area contributed by atoms with Gasteiger partial charge in [-0.25, -0.2) is 4.79 Å². The molecule has 0 bridgehead atoms. The van der Waals surface area contributed by atoms with Gasteiger partial charge in [0.05, 0.1) is 27.9 Å². The van der Waals surface area contributed by atoms with Crippen LogP contribution in [0.4, 0.5) is 4.79 Å². The molecule has 2 aromatic rings. The van der Waals surface area contributed by atoms with E-state index in [4.69, 9.17) is 14.2 Å². The first-order chi connectivity index (χ1) is 14.1. The summed E-state index contributed by atoms with van der Waals surface area (Å²) in [7, 11) is 4.89. The second-order valence-corrected chi connectivity index (χ2v) is 6.76. The molecular weight excluding hydrogens is 368 g/mol. The molecule has 0 spiro atoms. The van der Waals surface area contributed by atoms with Gasteiger partial charge in [-0.2, -0.15) is 0 Å². The lowest BCUT2D eigenvalue weighted by atomic mass is 10.1. The van der Waals surface area contributed by atoms with Crippen LogP contribution in [0.2, 0.25) is 0 Å². The van der Waals surface area contributed by atoms with Crippen LogP contribution in [0.25, 0.3) is 0 Å². The van der Waals surface area contributed by atoms with E-state index in [2.05, 4.69) is 12.2 Å². The van der Waals surface area contributed by atoms with Gasteiger partial charge in [0.25, 0.3) is 0 Å². The molecule has 0 aromatic heterocycles. The van der Waals surface area contributed by atoms with E-state index in [1.54, 1.807) is 21.3 Å². The molecule has 1 N–H and O–H groups in total. The molecule has 0 fully saturated rings. The molecule has 0 heterocycles. The van der Waals surface area contributed by atoms with E-state index >= 15 is 0 Å². The topological polar surface area (TPSA) is 60.0 Å². The minimum atomic E-state index is -0.0650. The molecule has 158 valence electrons. The van der Waals surface area contributed by atoms with Crippen molar-refractivity contribution in [2.24, 2.45) is 0 Å². The normalized spacial score (nSPS) is 10.3. The predicted molar refractivity (Wildman–Crippen MR) is 115 cm³/mol. The van der Waals surface area contributed by atoms with Crippen LogP contribution in [-0.2, 0) is 13.0 Å². The van der Waals surface area contributed by atoms with Gasteiger partial charge in [-0.3, -0.25) is 0 Å². The van der Waals surface area contributed by atoms with Crippen molar-refractivity contribution >= 4 is 6.03 Å². The largest absolute Gasteiger partial charge is 0.496 e. The maximum atomic E-state index is 12.8. The average Bonchev–Trinajstić information content (AvgIpc) is 2.76. The Morgan fingerprint density at radius 2 is 1.69 bits per heavy atom. The Bertz CT molecular complexity index is 779. The Morgan fingerprint density at radius 1 is 0.966 bits per heavy atom. The fraction of sp³-hybridized carbons (Fsp3) is 0.435. The molecule has 0 aliphatic heterocycles. The number of ether oxygens (including phenoxy) is 3. The van der Waals surface area contributed by atoms with Crippen LogP contribution >= 0.6 is 0 Å². The molecule has 2 amide bonds. The summed E-state index contributed by atoms with van der Waals surface area (Å²) < 4.78 is 16.1. The number of amides is 2. The minimum Gasteiger partial charge on any atom is -0.496 e. The van der Waals surface area contributed by atoms with Gasteiger partial charge < -0.3 is 24.4 Å². The zero-order chi connectivity index (χ0) is 21.1. The number of urea groups is 1. The van der Waals surface area contributed by atoms with Crippen LogP contribution < -0.4 is 19.5 Å². The Balaban J connectivity index is 2.13. The molecule has 0 aliphatic rings. The second-order valence-electron chi connectivity index (χ2n) is 6.76. The fourth-order valence-electron chi connectivity index (χ4n) is 3.08. The Kier molecular flexibility index (Phi) is 9.15. The molecule has 0 unspecified atom stereocenters. The third kappa shape index (κ3) is 6.59. The number of carbonyl (C=O) groups is 1. The molecule has 0 saturated heterocycles. The molecule has 0 radical (unpaired) electrons. The first-order valence-corrected chi connectivity index (χ1v) is 9.98. The van der Waals surface area contributed by atoms with Gasteiger partial charge >= 0.3 is 6.03 Å². The number of hydrogen-bond donors (Lipinski definition) is 1. The van der Waals surface area contributed by atoms with Crippen molar-refractivity contribution in [3.63, 3.8) is 0 Å². The highest BCUT2D eigenvalue weighted by Gasteiger charge is 2.16. The van der Waals surface area contributed by atoms with Gasteiger partial charge in [-0.1, -0.05) is 37.6 Å². The van der Waals surface area contributed by atoms with Crippen molar-refractivity contribution < 1.29 is 19.0 Å². The number of para-hydroxylation sites is 1. The first kappa shape index (κ1) is 22.4. The number of nitrogens with zero attached hydrogens (tertiary/aromatic N) is 1. The lowest BCUT2D eigenvalue weighted by Crippen LogP contribution is -2.41. The Morgan fingerprint density at radius 3 is 2.38 bits per heavy atom. The van der Waals surface area contributed by atoms with Crippen LogP contribution in [-0.4, -0.2) is 45.3 Å². The molecule has 6 heteroatoms. The summed E-state index contributed by atoms with van der Waals surface area (Å²) in [4.78, 5) is 14.6. The van der Waals surface area contributed by atoms with Gasteiger partial charge in [0, 0.05) is 18.7 Å². The number of benzene rings is 2. The van der Waals surface area contributed by atoms with E-state index in [0.717, 1.165) is 29.7 Å².